The number of nitrogens with one attached hydrogen (secondary N) is 3. The second kappa shape index (κ2) is 8.04. The highest BCUT2D eigenvalue weighted by molar-refractivity contribution is 7.89. The molecule has 0 bridgehead atoms. The maximum atomic E-state index is 12.9. The standard InChI is InChI=1S/C18H28N4O3S/c1-13-17(14(2)21-20-13)26(24,25)22-10-8-16(9-11-22)18(23)19-12-15-6-4-3-5-7-15/h3-7,13-14,16-17,20-21H,8-12H2,1-2H3,(H,19,23). The van der Waals surface area contributed by atoms with Crippen LogP contribution in [-0.2, 0) is 21.4 Å². The van der Waals surface area contributed by atoms with Crippen LogP contribution in [0.4, 0.5) is 0 Å². The van der Waals surface area contributed by atoms with Crippen molar-refractivity contribution in [2.24, 2.45) is 5.92 Å². The molecule has 0 radical (unpaired) electrons. The van der Waals surface area contributed by atoms with E-state index >= 15 is 0 Å². The maximum absolute atomic E-state index is 12.9. The predicted molar refractivity (Wildman–Crippen MR) is 100 cm³/mol. The number of amides is 1. The number of carbonyl (C=O) groups excluding carboxylic acids is 1. The van der Waals surface area contributed by atoms with Gasteiger partial charge in [0.25, 0.3) is 0 Å². The molecule has 0 aromatic heterocycles. The molecule has 144 valence electrons. The Balaban J connectivity index is 1.53. The van der Waals surface area contributed by atoms with Crippen molar-refractivity contribution in [1.82, 2.24) is 20.5 Å². The molecule has 7 nitrogen and oxygen atoms in total. The van der Waals surface area contributed by atoms with E-state index in [9.17, 15) is 13.2 Å². The number of hydrogen-bond acceptors (Lipinski definition) is 5. The Morgan fingerprint density at radius 1 is 1.12 bits per heavy atom. The van der Waals surface area contributed by atoms with Crippen LogP contribution in [-0.4, -0.2) is 49.1 Å². The van der Waals surface area contributed by atoms with Crippen molar-refractivity contribution >= 4 is 15.9 Å². The van der Waals surface area contributed by atoms with Gasteiger partial charge < -0.3 is 5.32 Å². The lowest BCUT2D eigenvalue weighted by molar-refractivity contribution is -0.126. The highest BCUT2D eigenvalue weighted by atomic mass is 32.2. The quantitative estimate of drug-likeness (QED) is 0.696. The molecule has 1 aromatic rings. The molecular weight excluding hydrogens is 352 g/mol. The molecule has 1 aromatic carbocycles. The van der Waals surface area contributed by atoms with Gasteiger partial charge in [-0.3, -0.25) is 15.6 Å². The first kappa shape index (κ1) is 19.3. The van der Waals surface area contributed by atoms with Gasteiger partial charge in [0.1, 0.15) is 5.25 Å². The summed E-state index contributed by atoms with van der Waals surface area (Å²) >= 11 is 0. The normalized spacial score (nSPS) is 28.2. The smallest absolute Gasteiger partial charge is 0.223 e. The van der Waals surface area contributed by atoms with Crippen molar-refractivity contribution in [3.05, 3.63) is 35.9 Å². The van der Waals surface area contributed by atoms with Gasteiger partial charge in [-0.25, -0.2) is 12.7 Å². The number of nitrogens with zero attached hydrogens (tertiary/aromatic N) is 1. The molecule has 0 spiro atoms. The van der Waals surface area contributed by atoms with Gasteiger partial charge >= 0.3 is 0 Å². The van der Waals surface area contributed by atoms with Gasteiger partial charge in [0.2, 0.25) is 15.9 Å². The van der Waals surface area contributed by atoms with E-state index in [0.29, 0.717) is 32.5 Å². The first-order valence-corrected chi connectivity index (χ1v) is 10.7. The van der Waals surface area contributed by atoms with Crippen LogP contribution in [0.25, 0.3) is 0 Å². The van der Waals surface area contributed by atoms with Gasteiger partial charge in [0.15, 0.2) is 0 Å². The van der Waals surface area contributed by atoms with Gasteiger partial charge in [0.05, 0.1) is 0 Å². The number of rotatable bonds is 5. The fourth-order valence-corrected chi connectivity index (χ4v) is 6.08. The molecule has 0 saturated carbocycles. The van der Waals surface area contributed by atoms with Crippen molar-refractivity contribution in [2.45, 2.75) is 50.6 Å². The lowest BCUT2D eigenvalue weighted by atomic mass is 9.97. The molecule has 26 heavy (non-hydrogen) atoms. The van der Waals surface area contributed by atoms with Crippen LogP contribution in [0.1, 0.15) is 32.3 Å². The molecule has 1 amide bonds. The van der Waals surface area contributed by atoms with Crippen molar-refractivity contribution in [1.29, 1.82) is 0 Å². The van der Waals surface area contributed by atoms with Crippen molar-refractivity contribution in [2.75, 3.05) is 13.1 Å². The summed E-state index contributed by atoms with van der Waals surface area (Å²) in [5.74, 6) is -0.114. The zero-order valence-electron chi connectivity index (χ0n) is 15.3. The van der Waals surface area contributed by atoms with Gasteiger partial charge in [-0.05, 0) is 32.3 Å². The Hall–Kier alpha value is -1.48. The maximum Gasteiger partial charge on any atom is 0.223 e. The van der Waals surface area contributed by atoms with Crippen LogP contribution < -0.4 is 16.2 Å². The summed E-state index contributed by atoms with van der Waals surface area (Å²) in [5, 5.41) is 2.48. The van der Waals surface area contributed by atoms with Crippen molar-refractivity contribution in [3.63, 3.8) is 0 Å². The number of carbonyl (C=O) groups is 1. The third-order valence-corrected chi connectivity index (χ3v) is 7.95. The minimum Gasteiger partial charge on any atom is -0.352 e. The summed E-state index contributed by atoms with van der Waals surface area (Å²) in [4.78, 5) is 12.4. The van der Waals surface area contributed by atoms with Crippen LogP contribution in [0.3, 0.4) is 0 Å². The van der Waals surface area contributed by atoms with E-state index in [2.05, 4.69) is 16.2 Å². The van der Waals surface area contributed by atoms with Crippen LogP contribution in [0.15, 0.2) is 30.3 Å². The molecule has 2 aliphatic rings. The summed E-state index contributed by atoms with van der Waals surface area (Å²) in [5.41, 5.74) is 7.07. The molecule has 0 aliphatic carbocycles. The molecule has 3 N–H and O–H groups in total. The van der Waals surface area contributed by atoms with E-state index in [1.54, 1.807) is 4.31 Å². The van der Waals surface area contributed by atoms with E-state index in [1.165, 1.54) is 0 Å². The number of sulfonamides is 1. The first-order chi connectivity index (χ1) is 12.4. The zero-order valence-corrected chi connectivity index (χ0v) is 16.1. The monoisotopic (exact) mass is 380 g/mol. The highest BCUT2D eigenvalue weighted by Crippen LogP contribution is 2.25. The summed E-state index contributed by atoms with van der Waals surface area (Å²) in [6.07, 6.45) is 1.13. The molecule has 3 rings (SSSR count). The molecule has 2 aliphatic heterocycles. The van der Waals surface area contributed by atoms with Gasteiger partial charge in [-0.1, -0.05) is 30.3 Å². The fraction of sp³-hybridized carbons (Fsp3) is 0.611. The number of benzene rings is 1. The Morgan fingerprint density at radius 2 is 1.69 bits per heavy atom. The molecule has 8 heteroatoms. The van der Waals surface area contributed by atoms with E-state index in [4.69, 9.17) is 0 Å². The van der Waals surface area contributed by atoms with E-state index in [-0.39, 0.29) is 23.9 Å². The molecule has 2 saturated heterocycles. The van der Waals surface area contributed by atoms with E-state index < -0.39 is 15.3 Å². The lowest BCUT2D eigenvalue weighted by Gasteiger charge is -2.33. The minimum atomic E-state index is -3.39. The third kappa shape index (κ3) is 4.09. The van der Waals surface area contributed by atoms with Crippen LogP contribution in [0, 0.1) is 5.92 Å². The van der Waals surface area contributed by atoms with Gasteiger partial charge in [0, 0.05) is 37.6 Å². The minimum absolute atomic E-state index is 0.0110. The molecule has 2 heterocycles. The SMILES string of the molecule is CC1NNC(C)C1S(=O)(=O)N1CCC(C(=O)NCc2ccccc2)CC1. The Bertz CT molecular complexity index is 707. The van der Waals surface area contributed by atoms with Gasteiger partial charge in [-0.15, -0.1) is 0 Å². The summed E-state index contributed by atoms with van der Waals surface area (Å²) < 4.78 is 27.4. The summed E-state index contributed by atoms with van der Waals surface area (Å²) in [7, 11) is -3.39. The van der Waals surface area contributed by atoms with Crippen LogP contribution in [0.5, 0.6) is 0 Å². The Labute approximate surface area is 155 Å². The van der Waals surface area contributed by atoms with Crippen molar-refractivity contribution < 1.29 is 13.2 Å². The largest absolute Gasteiger partial charge is 0.352 e. The van der Waals surface area contributed by atoms with E-state index in [1.807, 2.05) is 44.2 Å². The van der Waals surface area contributed by atoms with E-state index in [0.717, 1.165) is 5.56 Å². The lowest BCUT2D eigenvalue weighted by Crippen LogP contribution is -2.50. The average molecular weight is 381 g/mol. The molecule has 2 unspecified atom stereocenters. The zero-order chi connectivity index (χ0) is 18.7. The van der Waals surface area contributed by atoms with Crippen molar-refractivity contribution in [3.8, 4) is 0 Å². The molecule has 2 atom stereocenters. The second-order valence-corrected chi connectivity index (χ2v) is 9.34. The second-order valence-electron chi connectivity index (χ2n) is 7.25. The average Bonchev–Trinajstić information content (AvgIpc) is 2.99. The number of hydrazine groups is 1. The third-order valence-electron chi connectivity index (χ3n) is 5.36. The predicted octanol–water partition coefficient (Wildman–Crippen LogP) is 0.598. The Morgan fingerprint density at radius 3 is 2.27 bits per heavy atom. The van der Waals surface area contributed by atoms with Gasteiger partial charge in [-0.2, -0.15) is 0 Å². The topological polar surface area (TPSA) is 90.5 Å². The highest BCUT2D eigenvalue weighted by Gasteiger charge is 2.44. The first-order valence-electron chi connectivity index (χ1n) is 9.21. The fourth-order valence-electron chi connectivity index (χ4n) is 3.85. The van der Waals surface area contributed by atoms with Crippen LogP contribution >= 0.6 is 0 Å². The molecule has 2 fully saturated rings. The number of hydrogen-bond donors (Lipinski definition) is 3. The molecular formula is C18H28N4O3S. The van der Waals surface area contributed by atoms with Crippen LogP contribution in [0.2, 0.25) is 0 Å². The summed E-state index contributed by atoms with van der Waals surface area (Å²) in [6.45, 7) is 5.07. The Kier molecular flexibility index (Phi) is 5.96. The summed E-state index contributed by atoms with van der Waals surface area (Å²) in [6, 6.07) is 9.50. The number of piperidine rings is 1.